The van der Waals surface area contributed by atoms with Crippen LogP contribution < -0.4 is 0 Å². The van der Waals surface area contributed by atoms with Crippen LogP contribution in [0.3, 0.4) is 0 Å². The molecule has 0 unspecified atom stereocenters. The van der Waals surface area contributed by atoms with E-state index in [1.54, 1.807) is 11.3 Å². The van der Waals surface area contributed by atoms with Crippen LogP contribution in [0.1, 0.15) is 0 Å². The van der Waals surface area contributed by atoms with Gasteiger partial charge in [-0.05, 0) is 50.7 Å². The van der Waals surface area contributed by atoms with E-state index >= 15 is 0 Å². The molecule has 2 rings (SSSR count). The van der Waals surface area contributed by atoms with E-state index in [1.807, 2.05) is 12.1 Å². The molecule has 1 aromatic heterocycles. The lowest BCUT2D eigenvalue weighted by molar-refractivity contribution is 1.81. The van der Waals surface area contributed by atoms with Crippen LogP contribution >= 0.6 is 61.5 Å². The first-order valence-corrected chi connectivity index (χ1v) is 6.29. The molecule has 62 valence electrons. The van der Waals surface area contributed by atoms with Crippen LogP contribution in [0.5, 0.6) is 0 Å². The minimum Gasteiger partial charge on any atom is -0.127 e. The van der Waals surface area contributed by atoms with Gasteiger partial charge in [-0.15, -0.1) is 11.3 Å². The molecule has 0 aliphatic heterocycles. The maximum atomic E-state index is 6.06. The molecule has 0 aliphatic carbocycles. The summed E-state index contributed by atoms with van der Waals surface area (Å²) in [7, 11) is 0. The summed E-state index contributed by atoms with van der Waals surface area (Å²) in [4.78, 5) is 0. The molecule has 0 spiro atoms. The highest BCUT2D eigenvalue weighted by Crippen LogP contribution is 2.39. The van der Waals surface area contributed by atoms with Gasteiger partial charge in [-0.1, -0.05) is 17.7 Å². The SMILES string of the molecule is Clc1cccc2sc(Br)c(I)c12. The molecule has 0 nitrogen and oxygen atoms in total. The molecule has 0 amide bonds. The molecule has 1 heterocycles. The van der Waals surface area contributed by atoms with Gasteiger partial charge in [0.1, 0.15) is 0 Å². The molecule has 0 aliphatic rings. The molecule has 0 saturated carbocycles. The second kappa shape index (κ2) is 3.44. The zero-order valence-electron chi connectivity index (χ0n) is 5.77. The zero-order chi connectivity index (χ0) is 8.72. The second-order valence-corrected chi connectivity index (χ2v) is 6.16. The average Bonchev–Trinajstić information content (AvgIpc) is 2.29. The van der Waals surface area contributed by atoms with E-state index < -0.39 is 0 Å². The maximum absolute atomic E-state index is 6.06. The standard InChI is InChI=1S/C8H3BrClIS/c9-8-7(11)6-4(10)2-1-3-5(6)12-8/h1-3H. The van der Waals surface area contributed by atoms with E-state index in [2.05, 4.69) is 44.6 Å². The van der Waals surface area contributed by atoms with Crippen molar-refractivity contribution in [2.24, 2.45) is 0 Å². The summed E-state index contributed by atoms with van der Waals surface area (Å²) in [5.41, 5.74) is 0. The highest BCUT2D eigenvalue weighted by atomic mass is 127. The van der Waals surface area contributed by atoms with Gasteiger partial charge >= 0.3 is 0 Å². The van der Waals surface area contributed by atoms with Crippen LogP contribution in [0.4, 0.5) is 0 Å². The minimum absolute atomic E-state index is 0.832. The van der Waals surface area contributed by atoms with E-state index in [0.717, 1.165) is 14.2 Å². The number of fused-ring (bicyclic) bond motifs is 1. The summed E-state index contributed by atoms with van der Waals surface area (Å²) in [5, 5.41) is 2.00. The van der Waals surface area contributed by atoms with Crippen molar-refractivity contribution in [2.75, 3.05) is 0 Å². The summed E-state index contributed by atoms with van der Waals surface area (Å²) < 4.78 is 3.60. The molecule has 1 aromatic carbocycles. The summed E-state index contributed by atoms with van der Waals surface area (Å²) in [6.07, 6.45) is 0. The van der Waals surface area contributed by atoms with Crippen molar-refractivity contribution in [1.82, 2.24) is 0 Å². The lowest BCUT2D eigenvalue weighted by Gasteiger charge is -1.92. The van der Waals surface area contributed by atoms with E-state index in [9.17, 15) is 0 Å². The van der Waals surface area contributed by atoms with Gasteiger partial charge in [0, 0.05) is 13.7 Å². The Hall–Kier alpha value is 0.680. The molecular weight excluding hydrogens is 370 g/mol. The molecule has 0 N–H and O–H groups in total. The third-order valence-corrected chi connectivity index (χ3v) is 5.89. The van der Waals surface area contributed by atoms with E-state index in [4.69, 9.17) is 11.6 Å². The van der Waals surface area contributed by atoms with E-state index in [1.165, 1.54) is 8.27 Å². The normalized spacial score (nSPS) is 10.9. The van der Waals surface area contributed by atoms with Crippen molar-refractivity contribution in [3.8, 4) is 0 Å². The molecule has 0 bridgehead atoms. The van der Waals surface area contributed by atoms with Crippen LogP contribution in [-0.4, -0.2) is 0 Å². The molecule has 4 heteroatoms. The lowest BCUT2D eigenvalue weighted by Crippen LogP contribution is -1.69. The number of hydrogen-bond donors (Lipinski definition) is 0. The Labute approximate surface area is 101 Å². The molecule has 0 radical (unpaired) electrons. The van der Waals surface area contributed by atoms with Gasteiger partial charge < -0.3 is 0 Å². The lowest BCUT2D eigenvalue weighted by atomic mass is 10.3. The highest BCUT2D eigenvalue weighted by Gasteiger charge is 2.09. The van der Waals surface area contributed by atoms with Crippen LogP contribution in [-0.2, 0) is 0 Å². The van der Waals surface area contributed by atoms with Crippen LogP contribution in [0.2, 0.25) is 5.02 Å². The summed E-state index contributed by atoms with van der Waals surface area (Å²) >= 11 is 13.6. The largest absolute Gasteiger partial charge is 0.127 e. The maximum Gasteiger partial charge on any atom is 0.0844 e. The average molecular weight is 373 g/mol. The summed E-state index contributed by atoms with van der Waals surface area (Å²) in [6, 6.07) is 5.98. The Morgan fingerprint density at radius 2 is 2.17 bits per heavy atom. The van der Waals surface area contributed by atoms with Gasteiger partial charge in [0.25, 0.3) is 0 Å². The summed E-state index contributed by atoms with van der Waals surface area (Å²) in [6.45, 7) is 0. The number of thiophene rings is 1. The third kappa shape index (κ3) is 1.41. The predicted octanol–water partition coefficient (Wildman–Crippen LogP) is 4.92. The number of hydrogen-bond acceptors (Lipinski definition) is 1. The topological polar surface area (TPSA) is 0 Å². The number of benzene rings is 1. The Morgan fingerprint density at radius 1 is 1.42 bits per heavy atom. The van der Waals surface area contributed by atoms with Gasteiger partial charge in [-0.2, -0.15) is 0 Å². The van der Waals surface area contributed by atoms with Crippen molar-refractivity contribution in [3.63, 3.8) is 0 Å². The molecule has 12 heavy (non-hydrogen) atoms. The fourth-order valence-electron chi connectivity index (χ4n) is 1.04. The highest BCUT2D eigenvalue weighted by molar-refractivity contribution is 14.1. The Balaban J connectivity index is 2.97. The van der Waals surface area contributed by atoms with Gasteiger partial charge in [0.15, 0.2) is 0 Å². The minimum atomic E-state index is 0.832. The molecule has 0 fully saturated rings. The Bertz CT molecular complexity index is 438. The van der Waals surface area contributed by atoms with Crippen molar-refractivity contribution < 1.29 is 0 Å². The van der Waals surface area contributed by atoms with Crippen molar-refractivity contribution >= 4 is 71.5 Å². The molecule has 0 saturated heterocycles. The van der Waals surface area contributed by atoms with Gasteiger partial charge in [0.2, 0.25) is 0 Å². The second-order valence-electron chi connectivity index (χ2n) is 2.30. The van der Waals surface area contributed by atoms with Crippen molar-refractivity contribution in [3.05, 3.63) is 30.6 Å². The first kappa shape index (κ1) is 9.24. The quantitative estimate of drug-likeness (QED) is 0.575. The predicted molar refractivity (Wildman–Crippen MR) is 67.3 cm³/mol. The third-order valence-electron chi connectivity index (χ3n) is 1.57. The van der Waals surface area contributed by atoms with Crippen molar-refractivity contribution in [1.29, 1.82) is 0 Å². The first-order chi connectivity index (χ1) is 5.70. The molecule has 0 atom stereocenters. The van der Waals surface area contributed by atoms with E-state index in [-0.39, 0.29) is 0 Å². The summed E-state index contributed by atoms with van der Waals surface area (Å²) in [5.74, 6) is 0. The number of halogens is 3. The monoisotopic (exact) mass is 372 g/mol. The smallest absolute Gasteiger partial charge is 0.0844 e. The first-order valence-electron chi connectivity index (χ1n) is 3.22. The van der Waals surface area contributed by atoms with Crippen LogP contribution in [0, 0.1) is 3.57 Å². The van der Waals surface area contributed by atoms with Crippen LogP contribution in [0.15, 0.2) is 22.0 Å². The van der Waals surface area contributed by atoms with Gasteiger partial charge in [-0.25, -0.2) is 0 Å². The Morgan fingerprint density at radius 3 is 2.83 bits per heavy atom. The fraction of sp³-hybridized carbons (Fsp3) is 0. The number of rotatable bonds is 0. The zero-order valence-corrected chi connectivity index (χ0v) is 11.1. The molecular formula is C8H3BrClIS. The van der Waals surface area contributed by atoms with Crippen LogP contribution in [0.25, 0.3) is 10.1 Å². The molecule has 2 aromatic rings. The van der Waals surface area contributed by atoms with Crippen molar-refractivity contribution in [2.45, 2.75) is 0 Å². The van der Waals surface area contributed by atoms with E-state index in [0.29, 0.717) is 0 Å². The van der Waals surface area contributed by atoms with Gasteiger partial charge in [0.05, 0.1) is 8.81 Å². The van der Waals surface area contributed by atoms with Gasteiger partial charge in [-0.3, -0.25) is 0 Å². The Kier molecular flexibility index (Phi) is 2.65. The fourth-order valence-corrected chi connectivity index (χ4v) is 4.19.